The zero-order valence-electron chi connectivity index (χ0n) is 12.0. The van der Waals surface area contributed by atoms with E-state index < -0.39 is 6.10 Å². The zero-order valence-corrected chi connectivity index (χ0v) is 12.0. The number of aromatic nitrogens is 2. The van der Waals surface area contributed by atoms with E-state index in [1.54, 1.807) is 11.5 Å². The van der Waals surface area contributed by atoms with Gasteiger partial charge in [-0.1, -0.05) is 25.5 Å². The maximum Gasteiger partial charge on any atom is 0.240 e. The average Bonchev–Trinajstić information content (AvgIpc) is 2.78. The summed E-state index contributed by atoms with van der Waals surface area (Å²) in [5.41, 5.74) is 1.67. The van der Waals surface area contributed by atoms with Crippen molar-refractivity contribution in [3.63, 3.8) is 0 Å². The van der Waals surface area contributed by atoms with E-state index in [0.717, 1.165) is 23.9 Å². The normalized spacial score (nSPS) is 12.6. The first-order valence-corrected chi connectivity index (χ1v) is 7.03. The summed E-state index contributed by atoms with van der Waals surface area (Å²) in [7, 11) is 0. The van der Waals surface area contributed by atoms with E-state index in [1.165, 1.54) is 0 Å². The van der Waals surface area contributed by atoms with Crippen molar-refractivity contribution in [2.75, 3.05) is 6.54 Å². The molecule has 1 atom stereocenters. The van der Waals surface area contributed by atoms with Gasteiger partial charge in [0.15, 0.2) is 0 Å². The van der Waals surface area contributed by atoms with E-state index in [9.17, 15) is 9.90 Å². The Morgan fingerprint density at radius 3 is 2.90 bits per heavy atom. The number of nitrogens with one attached hydrogen (secondary N) is 1. The minimum absolute atomic E-state index is 0.0523. The molecule has 20 heavy (non-hydrogen) atoms. The summed E-state index contributed by atoms with van der Waals surface area (Å²) in [4.78, 5) is 16.4. The molecule has 108 valence electrons. The van der Waals surface area contributed by atoms with Crippen LogP contribution in [-0.2, 0) is 11.3 Å². The van der Waals surface area contributed by atoms with Gasteiger partial charge in [-0.25, -0.2) is 4.98 Å². The van der Waals surface area contributed by atoms with E-state index in [1.807, 2.05) is 24.3 Å². The van der Waals surface area contributed by atoms with E-state index in [0.29, 0.717) is 12.4 Å². The van der Waals surface area contributed by atoms with Gasteiger partial charge in [0.05, 0.1) is 11.0 Å². The van der Waals surface area contributed by atoms with Crippen molar-refractivity contribution in [1.82, 2.24) is 14.9 Å². The number of fused-ring (bicyclic) bond motifs is 1. The van der Waals surface area contributed by atoms with Gasteiger partial charge in [-0.05, 0) is 25.5 Å². The maximum atomic E-state index is 12.0. The molecule has 0 aliphatic rings. The average molecular weight is 275 g/mol. The molecule has 1 heterocycles. The number of hydrogen-bond acceptors (Lipinski definition) is 3. The minimum Gasteiger partial charge on any atom is -0.385 e. The van der Waals surface area contributed by atoms with Gasteiger partial charge in [0, 0.05) is 6.54 Å². The molecule has 2 aromatic rings. The van der Waals surface area contributed by atoms with Crippen LogP contribution in [0.3, 0.4) is 0 Å². The summed E-state index contributed by atoms with van der Waals surface area (Å²) in [6.07, 6.45) is 1.32. The second-order valence-corrected chi connectivity index (χ2v) is 4.92. The molecule has 0 fully saturated rings. The number of aliphatic hydroxyl groups is 1. The monoisotopic (exact) mass is 275 g/mol. The Morgan fingerprint density at radius 2 is 2.20 bits per heavy atom. The Morgan fingerprint density at radius 1 is 1.45 bits per heavy atom. The van der Waals surface area contributed by atoms with Crippen molar-refractivity contribution in [2.45, 2.75) is 39.3 Å². The number of benzene rings is 1. The van der Waals surface area contributed by atoms with Gasteiger partial charge in [0.1, 0.15) is 18.5 Å². The molecule has 0 aliphatic heterocycles. The molecule has 1 aromatic carbocycles. The number of carbonyl (C=O) groups is 1. The Bertz CT molecular complexity index is 590. The van der Waals surface area contributed by atoms with Crippen molar-refractivity contribution in [3.05, 3.63) is 30.1 Å². The highest BCUT2D eigenvalue weighted by Gasteiger charge is 2.16. The fraction of sp³-hybridized carbons (Fsp3) is 0.467. The molecule has 0 saturated heterocycles. The number of nitrogens with zero attached hydrogens (tertiary/aromatic N) is 2. The fourth-order valence-electron chi connectivity index (χ4n) is 2.18. The number of unbranched alkanes of at least 4 members (excludes halogenated alkanes) is 1. The molecule has 5 heteroatoms. The number of carbonyl (C=O) groups excluding carboxylic acids is 1. The SMILES string of the molecule is CCCCNC(=O)Cn1c(C(C)O)nc2ccccc21. The van der Waals surface area contributed by atoms with Gasteiger partial charge in [0.25, 0.3) is 0 Å². The largest absolute Gasteiger partial charge is 0.385 e. The van der Waals surface area contributed by atoms with E-state index in [4.69, 9.17) is 0 Å². The third-order valence-electron chi connectivity index (χ3n) is 3.21. The van der Waals surface area contributed by atoms with Crippen LogP contribution in [0.5, 0.6) is 0 Å². The van der Waals surface area contributed by atoms with Crippen LogP contribution in [0.2, 0.25) is 0 Å². The molecule has 2 N–H and O–H groups in total. The number of imidazole rings is 1. The van der Waals surface area contributed by atoms with Gasteiger partial charge in [0.2, 0.25) is 5.91 Å². The second-order valence-electron chi connectivity index (χ2n) is 4.92. The lowest BCUT2D eigenvalue weighted by molar-refractivity contribution is -0.121. The van der Waals surface area contributed by atoms with Crippen molar-refractivity contribution in [1.29, 1.82) is 0 Å². The molecule has 1 aromatic heterocycles. The van der Waals surface area contributed by atoms with Gasteiger partial charge in [-0.15, -0.1) is 0 Å². The lowest BCUT2D eigenvalue weighted by Crippen LogP contribution is -2.29. The van der Waals surface area contributed by atoms with Crippen LogP contribution in [0, 0.1) is 0 Å². The maximum absolute atomic E-state index is 12.0. The third kappa shape index (κ3) is 3.17. The molecule has 2 rings (SSSR count). The topological polar surface area (TPSA) is 67.2 Å². The first kappa shape index (κ1) is 14.5. The molecule has 5 nitrogen and oxygen atoms in total. The number of rotatable bonds is 6. The zero-order chi connectivity index (χ0) is 14.5. The first-order chi connectivity index (χ1) is 9.63. The van der Waals surface area contributed by atoms with Crippen LogP contribution in [0.25, 0.3) is 11.0 Å². The minimum atomic E-state index is -0.703. The van der Waals surface area contributed by atoms with Crippen molar-refractivity contribution in [2.24, 2.45) is 0 Å². The van der Waals surface area contributed by atoms with Crippen molar-refractivity contribution >= 4 is 16.9 Å². The van der Waals surface area contributed by atoms with Crippen LogP contribution in [-0.4, -0.2) is 27.1 Å². The standard InChI is InChI=1S/C15H21N3O2/c1-3-4-9-16-14(20)10-18-13-8-6-5-7-12(13)17-15(18)11(2)19/h5-8,11,19H,3-4,9-10H2,1-2H3,(H,16,20). The third-order valence-corrected chi connectivity index (χ3v) is 3.21. The summed E-state index contributed by atoms with van der Waals surface area (Å²) in [6.45, 7) is 4.62. The second kappa shape index (κ2) is 6.52. The quantitative estimate of drug-likeness (QED) is 0.792. The highest BCUT2D eigenvalue weighted by molar-refractivity contribution is 5.81. The molecule has 0 spiro atoms. The van der Waals surface area contributed by atoms with Gasteiger partial charge in [-0.3, -0.25) is 4.79 Å². The van der Waals surface area contributed by atoms with Gasteiger partial charge < -0.3 is 15.0 Å². The molecule has 1 unspecified atom stereocenters. The smallest absolute Gasteiger partial charge is 0.240 e. The number of aliphatic hydroxyl groups excluding tert-OH is 1. The summed E-state index contributed by atoms with van der Waals surface area (Å²) in [6, 6.07) is 7.59. The summed E-state index contributed by atoms with van der Waals surface area (Å²) in [5, 5.41) is 12.7. The number of hydrogen-bond donors (Lipinski definition) is 2. The number of para-hydroxylation sites is 2. The summed E-state index contributed by atoms with van der Waals surface area (Å²) in [5.74, 6) is 0.473. The van der Waals surface area contributed by atoms with Crippen LogP contribution in [0.4, 0.5) is 0 Å². The molecular weight excluding hydrogens is 254 g/mol. The van der Waals surface area contributed by atoms with Crippen molar-refractivity contribution in [3.8, 4) is 0 Å². The van der Waals surface area contributed by atoms with Crippen LogP contribution in [0.15, 0.2) is 24.3 Å². The lowest BCUT2D eigenvalue weighted by Gasteiger charge is -2.11. The molecule has 0 radical (unpaired) electrons. The Balaban J connectivity index is 2.23. The Hall–Kier alpha value is -1.88. The molecule has 0 bridgehead atoms. The molecular formula is C15H21N3O2. The fourth-order valence-corrected chi connectivity index (χ4v) is 2.18. The predicted molar refractivity (Wildman–Crippen MR) is 78.3 cm³/mol. The highest BCUT2D eigenvalue weighted by Crippen LogP contribution is 2.20. The van der Waals surface area contributed by atoms with Gasteiger partial charge >= 0.3 is 0 Å². The molecule has 1 amide bonds. The molecule has 0 saturated carbocycles. The van der Waals surface area contributed by atoms with Crippen LogP contribution < -0.4 is 5.32 Å². The van der Waals surface area contributed by atoms with Crippen LogP contribution in [0.1, 0.15) is 38.6 Å². The van der Waals surface area contributed by atoms with E-state index >= 15 is 0 Å². The Kier molecular flexibility index (Phi) is 4.74. The van der Waals surface area contributed by atoms with E-state index in [2.05, 4.69) is 17.2 Å². The highest BCUT2D eigenvalue weighted by atomic mass is 16.3. The summed E-state index contributed by atoms with van der Waals surface area (Å²) >= 11 is 0. The predicted octanol–water partition coefficient (Wildman–Crippen LogP) is 2.01. The van der Waals surface area contributed by atoms with Crippen LogP contribution >= 0.6 is 0 Å². The van der Waals surface area contributed by atoms with Crippen molar-refractivity contribution < 1.29 is 9.90 Å². The molecule has 0 aliphatic carbocycles. The van der Waals surface area contributed by atoms with E-state index in [-0.39, 0.29) is 12.5 Å². The number of amides is 1. The lowest BCUT2D eigenvalue weighted by atomic mass is 10.3. The van der Waals surface area contributed by atoms with Gasteiger partial charge in [-0.2, -0.15) is 0 Å². The summed E-state index contributed by atoms with van der Waals surface area (Å²) < 4.78 is 1.78. The first-order valence-electron chi connectivity index (χ1n) is 7.03. The Labute approximate surface area is 118 Å².